The highest BCUT2D eigenvalue weighted by Gasteiger charge is 2.60. The zero-order chi connectivity index (χ0) is 26.2. The number of carboxylic acid groups (broad SMARTS) is 1. The second-order valence-corrected chi connectivity index (χ2v) is 14.3. The van der Waals surface area contributed by atoms with E-state index in [-0.39, 0.29) is 5.56 Å². The van der Waals surface area contributed by atoms with Gasteiger partial charge in [0.05, 0.1) is 6.61 Å². The highest BCUT2D eigenvalue weighted by atomic mass is 16.5. The molecule has 1 aromatic carbocycles. The Kier molecular flexibility index (Phi) is 8.00. The third kappa shape index (κ3) is 5.10. The Morgan fingerprint density at radius 2 is 1.73 bits per heavy atom. The number of benzene rings is 1. The van der Waals surface area contributed by atoms with Crippen LogP contribution in [0.4, 0.5) is 0 Å². The van der Waals surface area contributed by atoms with Gasteiger partial charge in [0.25, 0.3) is 0 Å². The molecular weight excluding hydrogens is 456 g/mol. The van der Waals surface area contributed by atoms with Crippen LogP contribution in [0.25, 0.3) is 0 Å². The van der Waals surface area contributed by atoms with Gasteiger partial charge in [-0.15, -0.1) is 0 Å². The lowest BCUT2D eigenvalue weighted by Gasteiger charge is -2.61. The van der Waals surface area contributed by atoms with E-state index in [0.29, 0.717) is 29.1 Å². The van der Waals surface area contributed by atoms with Crippen molar-refractivity contribution in [2.24, 2.45) is 52.3 Å². The number of fused-ring (bicyclic) bond motifs is 5. The second-order valence-electron chi connectivity index (χ2n) is 14.3. The highest BCUT2D eigenvalue weighted by molar-refractivity contribution is 5.90. The van der Waals surface area contributed by atoms with Crippen molar-refractivity contribution in [1.82, 2.24) is 0 Å². The quantitative estimate of drug-likeness (QED) is 0.361. The fraction of sp³-hybridized carbons (Fsp3) is 0.794. The molecule has 1 N–H and O–H groups in total. The van der Waals surface area contributed by atoms with E-state index in [0.717, 1.165) is 41.9 Å². The van der Waals surface area contributed by atoms with Crippen LogP contribution in [0.15, 0.2) is 24.3 Å². The van der Waals surface area contributed by atoms with E-state index in [1.165, 1.54) is 77.0 Å². The molecule has 1 aromatic rings. The lowest BCUT2D eigenvalue weighted by Crippen LogP contribution is -2.53. The van der Waals surface area contributed by atoms with E-state index in [4.69, 9.17) is 4.74 Å². The van der Waals surface area contributed by atoms with E-state index < -0.39 is 5.97 Å². The fourth-order valence-electron chi connectivity index (χ4n) is 10.3. The predicted octanol–water partition coefficient (Wildman–Crippen LogP) is 9.26. The van der Waals surface area contributed by atoms with E-state index in [2.05, 4.69) is 27.7 Å². The highest BCUT2D eigenvalue weighted by Crippen LogP contribution is 2.68. The smallest absolute Gasteiger partial charge is 0.339 e. The van der Waals surface area contributed by atoms with Gasteiger partial charge in [-0.3, -0.25) is 0 Å². The molecule has 4 aliphatic carbocycles. The number of ether oxygens (including phenoxy) is 1. The minimum absolute atomic E-state index is 0.257. The van der Waals surface area contributed by atoms with Crippen molar-refractivity contribution < 1.29 is 14.6 Å². The molecule has 0 aromatic heterocycles. The van der Waals surface area contributed by atoms with E-state index in [1.54, 1.807) is 18.2 Å². The average molecular weight is 509 g/mol. The lowest BCUT2D eigenvalue weighted by atomic mass is 9.44. The third-order valence-corrected chi connectivity index (χ3v) is 12.3. The molecule has 3 heteroatoms. The zero-order valence-corrected chi connectivity index (χ0v) is 24.0. The Bertz CT molecular complexity index is 941. The van der Waals surface area contributed by atoms with Crippen LogP contribution in [-0.4, -0.2) is 17.7 Å². The van der Waals surface area contributed by atoms with E-state index in [1.807, 2.05) is 6.07 Å². The summed E-state index contributed by atoms with van der Waals surface area (Å²) in [4.78, 5) is 11.4. The molecule has 5 rings (SSSR count). The first-order chi connectivity index (χ1) is 17.7. The van der Waals surface area contributed by atoms with Crippen LogP contribution in [0.1, 0.15) is 122 Å². The normalized spacial score (nSPS) is 38.6. The van der Waals surface area contributed by atoms with Gasteiger partial charge < -0.3 is 9.84 Å². The zero-order valence-electron chi connectivity index (χ0n) is 24.0. The van der Waals surface area contributed by atoms with Gasteiger partial charge in [0.1, 0.15) is 11.3 Å². The van der Waals surface area contributed by atoms with Gasteiger partial charge in [-0.25, -0.2) is 4.79 Å². The number of hydrogen-bond donors (Lipinski definition) is 1. The number of para-hydroxylation sites is 1. The molecule has 4 fully saturated rings. The van der Waals surface area contributed by atoms with Gasteiger partial charge in [-0.05, 0) is 122 Å². The predicted molar refractivity (Wildman–Crippen MR) is 151 cm³/mol. The summed E-state index contributed by atoms with van der Waals surface area (Å²) >= 11 is 0. The van der Waals surface area contributed by atoms with Crippen LogP contribution in [-0.2, 0) is 0 Å². The van der Waals surface area contributed by atoms with Gasteiger partial charge in [0.2, 0.25) is 0 Å². The first-order valence-corrected chi connectivity index (χ1v) is 15.7. The Hall–Kier alpha value is -1.51. The van der Waals surface area contributed by atoms with Crippen LogP contribution in [0.5, 0.6) is 5.75 Å². The van der Waals surface area contributed by atoms with Crippen molar-refractivity contribution in [3.8, 4) is 5.75 Å². The standard InChI is InChI=1S/C34H52O3/c1-23(22-37-31-14-6-5-13-27(31)32(35)36)10-9-11-24(2)28-17-18-29-26-16-15-25-12-7-8-20-33(25,3)30(26)19-21-34(28,29)4/h5-6,13-14,23-26,28-30H,7-12,15-22H2,1-4H3,(H,35,36)/t23?,24?,25?,26-,28+,29-,30-,33-,34+/m0/s1. The summed E-state index contributed by atoms with van der Waals surface area (Å²) in [7, 11) is 0. The van der Waals surface area contributed by atoms with Gasteiger partial charge in [-0.2, -0.15) is 0 Å². The molecule has 4 aliphatic rings. The Balaban J connectivity index is 1.12. The van der Waals surface area contributed by atoms with Crippen molar-refractivity contribution in [2.45, 2.75) is 111 Å². The maximum Gasteiger partial charge on any atom is 0.339 e. The summed E-state index contributed by atoms with van der Waals surface area (Å²) in [5.41, 5.74) is 1.47. The summed E-state index contributed by atoms with van der Waals surface area (Å²) in [6.07, 6.45) is 18.6. The summed E-state index contributed by atoms with van der Waals surface area (Å²) < 4.78 is 5.92. The molecule has 0 saturated heterocycles. The SMILES string of the molecule is CC(CCCC(C)[C@H]1CC[C@H]2[C@@H]3CCC4CCCC[C@]4(C)[C@H]3CC[C@]12C)COc1ccccc1C(=O)O. The minimum Gasteiger partial charge on any atom is -0.492 e. The van der Waals surface area contributed by atoms with Gasteiger partial charge >= 0.3 is 5.97 Å². The number of aromatic carboxylic acids is 1. The van der Waals surface area contributed by atoms with E-state index >= 15 is 0 Å². The van der Waals surface area contributed by atoms with Crippen molar-refractivity contribution in [3.63, 3.8) is 0 Å². The van der Waals surface area contributed by atoms with E-state index in [9.17, 15) is 9.90 Å². The topological polar surface area (TPSA) is 46.5 Å². The molecule has 0 bridgehead atoms. The lowest BCUT2D eigenvalue weighted by molar-refractivity contribution is -0.114. The molecular formula is C34H52O3. The van der Waals surface area contributed by atoms with Crippen molar-refractivity contribution in [2.75, 3.05) is 6.61 Å². The van der Waals surface area contributed by atoms with Crippen LogP contribution in [0.2, 0.25) is 0 Å². The summed E-state index contributed by atoms with van der Waals surface area (Å²) in [6.45, 7) is 10.8. The second kappa shape index (κ2) is 10.9. The molecule has 4 saturated carbocycles. The van der Waals surface area contributed by atoms with Crippen LogP contribution >= 0.6 is 0 Å². The Morgan fingerprint density at radius 1 is 0.946 bits per heavy atom. The first kappa shape index (κ1) is 27.1. The molecule has 3 unspecified atom stereocenters. The third-order valence-electron chi connectivity index (χ3n) is 12.3. The van der Waals surface area contributed by atoms with Crippen LogP contribution < -0.4 is 4.74 Å². The number of rotatable bonds is 9. The van der Waals surface area contributed by atoms with Crippen molar-refractivity contribution >= 4 is 5.97 Å². The monoisotopic (exact) mass is 508 g/mol. The molecule has 0 amide bonds. The molecule has 9 atom stereocenters. The maximum atomic E-state index is 11.4. The Morgan fingerprint density at radius 3 is 2.54 bits per heavy atom. The number of carboxylic acids is 1. The molecule has 0 radical (unpaired) electrons. The van der Waals surface area contributed by atoms with Crippen molar-refractivity contribution in [3.05, 3.63) is 29.8 Å². The van der Waals surface area contributed by atoms with Gasteiger partial charge in [0.15, 0.2) is 0 Å². The summed E-state index contributed by atoms with van der Waals surface area (Å²) in [5, 5.41) is 9.39. The van der Waals surface area contributed by atoms with Crippen LogP contribution in [0, 0.1) is 52.3 Å². The first-order valence-electron chi connectivity index (χ1n) is 15.7. The largest absolute Gasteiger partial charge is 0.492 e. The number of hydrogen-bond acceptors (Lipinski definition) is 2. The molecule has 206 valence electrons. The van der Waals surface area contributed by atoms with Gasteiger partial charge in [-0.1, -0.05) is 65.5 Å². The maximum absolute atomic E-state index is 11.4. The molecule has 0 aliphatic heterocycles. The molecule has 3 nitrogen and oxygen atoms in total. The molecule has 0 spiro atoms. The summed E-state index contributed by atoms with van der Waals surface area (Å²) in [5.74, 6) is 5.70. The van der Waals surface area contributed by atoms with Gasteiger partial charge in [0, 0.05) is 0 Å². The number of carbonyl (C=O) groups is 1. The molecule has 0 heterocycles. The summed E-state index contributed by atoms with van der Waals surface area (Å²) in [6, 6.07) is 6.99. The van der Waals surface area contributed by atoms with Crippen LogP contribution in [0.3, 0.4) is 0 Å². The minimum atomic E-state index is -0.921. The fourth-order valence-corrected chi connectivity index (χ4v) is 10.3. The Labute approximate surface area is 226 Å². The van der Waals surface area contributed by atoms with Crippen molar-refractivity contribution in [1.29, 1.82) is 0 Å². The molecule has 37 heavy (non-hydrogen) atoms. The average Bonchev–Trinajstić information content (AvgIpc) is 3.24.